The number of hydrogen-bond donors (Lipinski definition) is 2. The predicted octanol–water partition coefficient (Wildman–Crippen LogP) is 3.48. The Labute approximate surface area is 179 Å². The maximum atomic E-state index is 13.3. The van der Waals surface area contributed by atoms with Crippen LogP contribution in [0.2, 0.25) is 0 Å². The van der Waals surface area contributed by atoms with Crippen molar-refractivity contribution in [2.45, 2.75) is 68.1 Å². The van der Waals surface area contributed by atoms with Gasteiger partial charge in [0.1, 0.15) is 6.10 Å². The van der Waals surface area contributed by atoms with Gasteiger partial charge in [-0.05, 0) is 38.5 Å². The molecule has 0 aromatic rings. The lowest BCUT2D eigenvalue weighted by molar-refractivity contribution is -0.276. The average molecular weight is 504 g/mol. The van der Waals surface area contributed by atoms with Crippen LogP contribution in [0.3, 0.4) is 0 Å². The van der Waals surface area contributed by atoms with Gasteiger partial charge in [0.05, 0.1) is 18.8 Å². The van der Waals surface area contributed by atoms with E-state index >= 15 is 0 Å². The summed E-state index contributed by atoms with van der Waals surface area (Å²) in [5.41, 5.74) is -3.30. The van der Waals surface area contributed by atoms with Gasteiger partial charge >= 0.3 is 33.4 Å². The van der Waals surface area contributed by atoms with Crippen LogP contribution >= 0.6 is 0 Å². The largest absolute Gasteiger partial charge is 0.459 e. The second-order valence-corrected chi connectivity index (χ2v) is 9.09. The number of hydrogen-bond acceptors (Lipinski definition) is 6. The van der Waals surface area contributed by atoms with Crippen LogP contribution in [-0.2, 0) is 24.4 Å². The van der Waals surface area contributed by atoms with Crippen LogP contribution in [0.5, 0.6) is 0 Å². The first-order valence-corrected chi connectivity index (χ1v) is 10.7. The molecular formula is C17H23F7O7S. The summed E-state index contributed by atoms with van der Waals surface area (Å²) in [6.45, 7) is 2.08. The zero-order chi connectivity index (χ0) is 25.2. The summed E-state index contributed by atoms with van der Waals surface area (Å²) < 4.78 is 130. The maximum Gasteiger partial charge on any atom is 0.431 e. The van der Waals surface area contributed by atoms with Gasteiger partial charge in [0.25, 0.3) is 0 Å². The second-order valence-electron chi connectivity index (χ2n) is 7.63. The first kappa shape index (κ1) is 28.6. The summed E-state index contributed by atoms with van der Waals surface area (Å²) in [6.07, 6.45) is -7.52. The van der Waals surface area contributed by atoms with Crippen molar-refractivity contribution in [2.75, 3.05) is 13.2 Å². The first-order valence-electron chi connectivity index (χ1n) is 9.22. The average Bonchev–Trinajstić information content (AvgIpc) is 2.63. The second kappa shape index (κ2) is 9.81. The highest BCUT2D eigenvalue weighted by Gasteiger charge is 2.65. The number of esters is 1. The van der Waals surface area contributed by atoms with Gasteiger partial charge in [0.15, 0.2) is 5.60 Å². The Morgan fingerprint density at radius 2 is 1.56 bits per heavy atom. The fraction of sp³-hybridized carbons (Fsp3) is 0.824. The van der Waals surface area contributed by atoms with Crippen LogP contribution in [0.1, 0.15) is 39.0 Å². The normalized spacial score (nSPS) is 22.8. The van der Waals surface area contributed by atoms with E-state index < -0.39 is 76.3 Å². The number of alkyl halides is 7. The van der Waals surface area contributed by atoms with Crippen LogP contribution in [-0.4, -0.2) is 66.3 Å². The van der Waals surface area contributed by atoms with E-state index in [1.165, 1.54) is 0 Å². The van der Waals surface area contributed by atoms with Crippen LogP contribution in [0.25, 0.3) is 0 Å². The molecule has 0 bridgehead atoms. The molecule has 1 fully saturated rings. The predicted molar refractivity (Wildman–Crippen MR) is 94.5 cm³/mol. The molecule has 0 aliphatic heterocycles. The van der Waals surface area contributed by atoms with Gasteiger partial charge in [-0.15, -0.1) is 0 Å². The lowest BCUT2D eigenvalue weighted by Crippen LogP contribution is -2.50. The summed E-state index contributed by atoms with van der Waals surface area (Å²) in [5.74, 6) is -7.30. The monoisotopic (exact) mass is 504 g/mol. The third-order valence-electron chi connectivity index (χ3n) is 5.19. The first-order chi connectivity index (χ1) is 14.2. The lowest BCUT2D eigenvalue weighted by Gasteiger charge is -2.38. The lowest BCUT2D eigenvalue weighted by atomic mass is 9.76. The van der Waals surface area contributed by atoms with Crippen molar-refractivity contribution < 1.29 is 63.1 Å². The quantitative estimate of drug-likeness (QED) is 0.154. The van der Waals surface area contributed by atoms with E-state index in [-0.39, 0.29) is 25.7 Å². The summed E-state index contributed by atoms with van der Waals surface area (Å²) in [5, 5.41) is 3.95. The van der Waals surface area contributed by atoms with Gasteiger partial charge in [-0.2, -0.15) is 39.2 Å². The number of carbonyl (C=O) groups excluding carboxylic acids is 1. The third-order valence-corrected chi connectivity index (χ3v) is 6.14. The molecular weight excluding hydrogens is 481 g/mol. The standard InChI is InChI=1S/C17H23F7O7S/c1-10(9-30-8-7-15(18,19)17(23,24)32(27,28)29)13(25)31-12-5-3-11(4-6-12)14(2,26)16(20,21)22/h11-12,26H,1,3-9H2,2H3,(H,27,28,29). The Hall–Kier alpha value is -1.45. The molecule has 1 atom stereocenters. The highest BCUT2D eigenvalue weighted by atomic mass is 32.2. The molecule has 0 aromatic heterocycles. The minimum atomic E-state index is -6.37. The Morgan fingerprint density at radius 1 is 1.06 bits per heavy atom. The van der Waals surface area contributed by atoms with Gasteiger partial charge in [0, 0.05) is 6.42 Å². The Morgan fingerprint density at radius 3 is 2.00 bits per heavy atom. The van der Waals surface area contributed by atoms with Crippen molar-refractivity contribution in [3.05, 3.63) is 12.2 Å². The molecule has 7 nitrogen and oxygen atoms in total. The van der Waals surface area contributed by atoms with Crippen LogP contribution < -0.4 is 0 Å². The summed E-state index contributed by atoms with van der Waals surface area (Å²) in [6, 6.07) is 0. The molecule has 15 heteroatoms. The van der Waals surface area contributed by atoms with Gasteiger partial charge in [0.2, 0.25) is 0 Å². The molecule has 1 unspecified atom stereocenters. The van der Waals surface area contributed by atoms with Crippen LogP contribution in [0.15, 0.2) is 12.2 Å². The minimum absolute atomic E-state index is 0.0215. The number of ether oxygens (including phenoxy) is 2. The molecule has 1 rings (SSSR count). The zero-order valence-corrected chi connectivity index (χ0v) is 17.6. The molecule has 1 aliphatic rings. The Bertz CT molecular complexity index is 786. The molecule has 2 N–H and O–H groups in total. The number of halogens is 7. The van der Waals surface area contributed by atoms with Crippen molar-refractivity contribution in [3.8, 4) is 0 Å². The van der Waals surface area contributed by atoms with Gasteiger partial charge in [-0.1, -0.05) is 6.58 Å². The molecule has 188 valence electrons. The smallest absolute Gasteiger partial charge is 0.431 e. The molecule has 32 heavy (non-hydrogen) atoms. The Kier molecular flexibility index (Phi) is 8.76. The van der Waals surface area contributed by atoms with E-state index in [9.17, 15) is 49.1 Å². The number of carbonyl (C=O) groups is 1. The highest BCUT2D eigenvalue weighted by Crippen LogP contribution is 2.43. The van der Waals surface area contributed by atoms with Crippen LogP contribution in [0, 0.1) is 5.92 Å². The topological polar surface area (TPSA) is 110 Å². The summed E-state index contributed by atoms with van der Waals surface area (Å²) >= 11 is 0. The van der Waals surface area contributed by atoms with E-state index in [1.54, 1.807) is 0 Å². The van der Waals surface area contributed by atoms with Gasteiger partial charge in [-0.25, -0.2) is 4.79 Å². The highest BCUT2D eigenvalue weighted by molar-refractivity contribution is 7.87. The van der Waals surface area contributed by atoms with E-state index in [1.807, 2.05) is 0 Å². The van der Waals surface area contributed by atoms with Crippen molar-refractivity contribution in [3.63, 3.8) is 0 Å². The maximum absolute atomic E-state index is 13.3. The van der Waals surface area contributed by atoms with Gasteiger partial charge < -0.3 is 14.6 Å². The minimum Gasteiger partial charge on any atom is -0.459 e. The zero-order valence-electron chi connectivity index (χ0n) is 16.8. The molecule has 0 radical (unpaired) electrons. The summed E-state index contributed by atoms with van der Waals surface area (Å²) in [4.78, 5) is 11.9. The summed E-state index contributed by atoms with van der Waals surface area (Å²) in [7, 11) is -6.37. The number of rotatable bonds is 10. The fourth-order valence-electron chi connectivity index (χ4n) is 3.00. The van der Waals surface area contributed by atoms with Crippen molar-refractivity contribution >= 4 is 16.1 Å². The van der Waals surface area contributed by atoms with E-state index in [2.05, 4.69) is 11.3 Å². The van der Waals surface area contributed by atoms with Crippen molar-refractivity contribution in [2.24, 2.45) is 5.92 Å². The van der Waals surface area contributed by atoms with E-state index in [4.69, 9.17) is 9.29 Å². The van der Waals surface area contributed by atoms with E-state index in [0.29, 0.717) is 6.92 Å². The fourth-order valence-corrected chi connectivity index (χ4v) is 3.48. The molecule has 0 saturated heterocycles. The Balaban J connectivity index is 2.45. The molecule has 0 heterocycles. The van der Waals surface area contributed by atoms with Crippen molar-refractivity contribution in [1.82, 2.24) is 0 Å². The van der Waals surface area contributed by atoms with E-state index in [0.717, 1.165) is 0 Å². The molecule has 0 amide bonds. The van der Waals surface area contributed by atoms with Gasteiger partial charge in [-0.3, -0.25) is 4.55 Å². The van der Waals surface area contributed by atoms with Crippen molar-refractivity contribution in [1.29, 1.82) is 0 Å². The van der Waals surface area contributed by atoms with Crippen LogP contribution in [0.4, 0.5) is 30.7 Å². The molecule has 0 aromatic carbocycles. The molecule has 1 aliphatic carbocycles. The third kappa shape index (κ3) is 6.54. The molecule has 0 spiro atoms. The SMILES string of the molecule is C=C(COCCC(F)(F)C(F)(F)S(=O)(=O)O)C(=O)OC1CCC(C(C)(O)C(F)(F)F)CC1. The number of aliphatic hydroxyl groups is 1. The molecule has 1 saturated carbocycles.